The summed E-state index contributed by atoms with van der Waals surface area (Å²) in [7, 11) is 0. The Labute approximate surface area is 117 Å². The normalized spacial score (nSPS) is 22.6. The summed E-state index contributed by atoms with van der Waals surface area (Å²) < 4.78 is 0. The highest BCUT2D eigenvalue weighted by atomic mass is 35.5. The highest BCUT2D eigenvalue weighted by Gasteiger charge is 2.36. The lowest BCUT2D eigenvalue weighted by Crippen LogP contribution is -2.32. The summed E-state index contributed by atoms with van der Waals surface area (Å²) in [6.45, 7) is 4.76. The Bertz CT molecular complexity index is 530. The minimum Gasteiger partial charge on any atom is -0.369 e. The van der Waals surface area contributed by atoms with E-state index in [1.165, 1.54) is 0 Å². The predicted molar refractivity (Wildman–Crippen MR) is 73.9 cm³/mol. The fourth-order valence-electron chi connectivity index (χ4n) is 2.54. The third kappa shape index (κ3) is 2.73. The Morgan fingerprint density at radius 3 is 2.58 bits per heavy atom. The molecule has 1 heterocycles. The summed E-state index contributed by atoms with van der Waals surface area (Å²) in [5, 5.41) is 0.610. The first-order valence-corrected chi connectivity index (χ1v) is 6.62. The van der Waals surface area contributed by atoms with Crippen LogP contribution in [0.15, 0.2) is 18.2 Å². The molecule has 0 saturated carbocycles. The molecule has 0 radical (unpaired) electrons. The third-order valence-corrected chi connectivity index (χ3v) is 3.92. The van der Waals surface area contributed by atoms with E-state index in [0.29, 0.717) is 23.7 Å². The summed E-state index contributed by atoms with van der Waals surface area (Å²) in [5.74, 6) is -0.550. The molecule has 2 amide bonds. The van der Waals surface area contributed by atoms with Gasteiger partial charge in [-0.1, -0.05) is 18.5 Å². The Morgan fingerprint density at radius 1 is 1.37 bits per heavy atom. The van der Waals surface area contributed by atoms with Crippen molar-refractivity contribution in [2.24, 2.45) is 17.6 Å². The molecule has 1 aliphatic rings. The zero-order chi connectivity index (χ0) is 14.2. The minimum atomic E-state index is -0.337. The van der Waals surface area contributed by atoms with Gasteiger partial charge < -0.3 is 10.6 Å². The van der Waals surface area contributed by atoms with Crippen LogP contribution in [0.25, 0.3) is 0 Å². The van der Waals surface area contributed by atoms with Crippen LogP contribution >= 0.6 is 11.6 Å². The number of carbonyl (C=O) groups excluding carboxylic acids is 2. The maximum absolute atomic E-state index is 12.4. The highest BCUT2D eigenvalue weighted by Crippen LogP contribution is 2.25. The van der Waals surface area contributed by atoms with Gasteiger partial charge in [0.1, 0.15) is 0 Å². The molecule has 1 aliphatic heterocycles. The molecule has 1 fully saturated rings. The van der Waals surface area contributed by atoms with Crippen molar-refractivity contribution in [1.82, 2.24) is 4.90 Å². The van der Waals surface area contributed by atoms with Gasteiger partial charge in [0.2, 0.25) is 5.91 Å². The van der Waals surface area contributed by atoms with Gasteiger partial charge in [-0.15, -0.1) is 0 Å². The van der Waals surface area contributed by atoms with E-state index in [0.717, 1.165) is 5.56 Å². The van der Waals surface area contributed by atoms with E-state index in [4.69, 9.17) is 17.3 Å². The average Bonchev–Trinajstić information content (AvgIpc) is 2.70. The summed E-state index contributed by atoms with van der Waals surface area (Å²) in [6.07, 6.45) is 0. The second-order valence-corrected chi connectivity index (χ2v) is 5.59. The number of nitrogens with two attached hydrogens (primary N) is 1. The molecule has 102 valence electrons. The Kier molecular flexibility index (Phi) is 3.80. The first kappa shape index (κ1) is 13.9. The van der Waals surface area contributed by atoms with Crippen LogP contribution in [0.3, 0.4) is 0 Å². The minimum absolute atomic E-state index is 0.0650. The molecule has 2 N–H and O–H groups in total. The van der Waals surface area contributed by atoms with Crippen LogP contribution in [0.1, 0.15) is 22.8 Å². The van der Waals surface area contributed by atoms with Crippen molar-refractivity contribution in [3.05, 3.63) is 34.3 Å². The maximum atomic E-state index is 12.4. The Hall–Kier alpha value is -1.55. The Morgan fingerprint density at radius 2 is 2.05 bits per heavy atom. The molecule has 1 saturated heterocycles. The molecule has 0 aromatic heterocycles. The van der Waals surface area contributed by atoms with Crippen molar-refractivity contribution in [2.45, 2.75) is 13.8 Å². The van der Waals surface area contributed by atoms with Crippen LogP contribution in [0, 0.1) is 18.8 Å². The monoisotopic (exact) mass is 280 g/mol. The van der Waals surface area contributed by atoms with Gasteiger partial charge in [0.25, 0.3) is 5.91 Å². The smallest absolute Gasteiger partial charge is 0.254 e. The lowest BCUT2D eigenvalue weighted by Gasteiger charge is -2.17. The van der Waals surface area contributed by atoms with Gasteiger partial charge in [-0.3, -0.25) is 9.59 Å². The number of likely N-dealkylation sites (tertiary alicyclic amines) is 1. The second-order valence-electron chi connectivity index (χ2n) is 5.16. The number of hydrogen-bond acceptors (Lipinski definition) is 2. The topological polar surface area (TPSA) is 63.4 Å². The van der Waals surface area contributed by atoms with Gasteiger partial charge in [-0.2, -0.15) is 0 Å². The molecule has 0 aliphatic carbocycles. The van der Waals surface area contributed by atoms with E-state index in [2.05, 4.69) is 0 Å². The van der Waals surface area contributed by atoms with Gasteiger partial charge in [0, 0.05) is 23.7 Å². The lowest BCUT2D eigenvalue weighted by molar-refractivity contribution is -0.122. The molecule has 2 rings (SSSR count). The number of amides is 2. The highest BCUT2D eigenvalue weighted by molar-refractivity contribution is 6.30. The summed E-state index contributed by atoms with van der Waals surface area (Å²) in [6, 6.07) is 5.19. The Balaban J connectivity index is 2.19. The largest absolute Gasteiger partial charge is 0.369 e. The van der Waals surface area contributed by atoms with Crippen molar-refractivity contribution in [1.29, 1.82) is 0 Å². The van der Waals surface area contributed by atoms with Crippen LogP contribution in [0.2, 0.25) is 5.02 Å². The number of benzene rings is 1. The molecule has 1 aromatic carbocycles. The molecule has 0 unspecified atom stereocenters. The maximum Gasteiger partial charge on any atom is 0.254 e. The van der Waals surface area contributed by atoms with E-state index < -0.39 is 0 Å². The lowest BCUT2D eigenvalue weighted by atomic mass is 9.98. The fourth-order valence-corrected chi connectivity index (χ4v) is 2.77. The first-order valence-electron chi connectivity index (χ1n) is 6.25. The number of aryl methyl sites for hydroxylation is 1. The van der Waals surface area contributed by atoms with Crippen LogP contribution < -0.4 is 5.73 Å². The molecule has 2 atom stereocenters. The predicted octanol–water partition coefficient (Wildman–Crippen LogP) is 1.84. The van der Waals surface area contributed by atoms with Gasteiger partial charge in [0.05, 0.1) is 5.92 Å². The van der Waals surface area contributed by atoms with E-state index in [-0.39, 0.29) is 23.7 Å². The van der Waals surface area contributed by atoms with Crippen molar-refractivity contribution < 1.29 is 9.59 Å². The van der Waals surface area contributed by atoms with Gasteiger partial charge in [-0.25, -0.2) is 0 Å². The van der Waals surface area contributed by atoms with Crippen molar-refractivity contribution in [3.8, 4) is 0 Å². The second kappa shape index (κ2) is 5.21. The van der Waals surface area contributed by atoms with E-state index in [1.807, 2.05) is 13.8 Å². The molecule has 19 heavy (non-hydrogen) atoms. The molecular weight excluding hydrogens is 264 g/mol. The molecule has 4 nitrogen and oxygen atoms in total. The summed E-state index contributed by atoms with van der Waals surface area (Å²) >= 11 is 5.88. The van der Waals surface area contributed by atoms with Crippen molar-refractivity contribution >= 4 is 23.4 Å². The number of primary amides is 1. The van der Waals surface area contributed by atoms with Gasteiger partial charge >= 0.3 is 0 Å². The van der Waals surface area contributed by atoms with Crippen molar-refractivity contribution in [3.63, 3.8) is 0 Å². The van der Waals surface area contributed by atoms with Crippen LogP contribution in [-0.2, 0) is 4.79 Å². The van der Waals surface area contributed by atoms with Crippen molar-refractivity contribution in [2.75, 3.05) is 13.1 Å². The molecule has 0 spiro atoms. The standard InChI is InChI=1S/C14H17ClN2O2/c1-8-5-10(15)3-4-11(8)14(19)17-6-9(2)12(7-17)13(16)18/h3-5,9,12H,6-7H2,1-2H3,(H2,16,18)/t9-,12-/m1/s1. The molecule has 5 heteroatoms. The molecular formula is C14H17ClN2O2. The average molecular weight is 281 g/mol. The number of carbonyl (C=O) groups is 2. The number of hydrogen-bond donors (Lipinski definition) is 1. The van der Waals surface area contributed by atoms with Crippen LogP contribution in [0.5, 0.6) is 0 Å². The summed E-state index contributed by atoms with van der Waals surface area (Å²) in [4.78, 5) is 25.4. The quantitative estimate of drug-likeness (QED) is 0.898. The number of halogens is 1. The van der Waals surface area contributed by atoms with E-state index >= 15 is 0 Å². The van der Waals surface area contributed by atoms with Gasteiger partial charge in [0.15, 0.2) is 0 Å². The fraction of sp³-hybridized carbons (Fsp3) is 0.429. The van der Waals surface area contributed by atoms with E-state index in [9.17, 15) is 9.59 Å². The van der Waals surface area contributed by atoms with Crippen LogP contribution in [0.4, 0.5) is 0 Å². The van der Waals surface area contributed by atoms with E-state index in [1.54, 1.807) is 23.1 Å². The molecule has 1 aromatic rings. The SMILES string of the molecule is Cc1cc(Cl)ccc1C(=O)N1C[C@@H](C)[C@H](C(N)=O)C1. The number of nitrogens with zero attached hydrogens (tertiary/aromatic N) is 1. The summed E-state index contributed by atoms with van der Waals surface area (Å²) in [5.41, 5.74) is 6.81. The zero-order valence-electron chi connectivity index (χ0n) is 11.0. The number of rotatable bonds is 2. The van der Waals surface area contributed by atoms with Gasteiger partial charge in [-0.05, 0) is 36.6 Å². The first-order chi connectivity index (χ1) is 8.90. The third-order valence-electron chi connectivity index (χ3n) is 3.68. The van der Waals surface area contributed by atoms with Crippen LogP contribution in [-0.4, -0.2) is 29.8 Å². The zero-order valence-corrected chi connectivity index (χ0v) is 11.8. The molecule has 0 bridgehead atoms.